The molecule has 0 aromatic heterocycles. The third-order valence-electron chi connectivity index (χ3n) is 5.44. The Labute approximate surface area is 171 Å². The van der Waals surface area contributed by atoms with E-state index in [2.05, 4.69) is 10.6 Å². The van der Waals surface area contributed by atoms with Crippen LogP contribution in [0.4, 0.5) is 23.7 Å². The van der Waals surface area contributed by atoms with E-state index in [4.69, 9.17) is 4.74 Å². The van der Waals surface area contributed by atoms with Crippen LogP contribution in [-0.4, -0.2) is 40.9 Å². The number of ether oxygens (including phenoxy) is 1. The van der Waals surface area contributed by atoms with Gasteiger partial charge in [0.15, 0.2) is 0 Å². The first kappa shape index (κ1) is 21.9. The number of hydrogen-bond donors (Lipinski definition) is 2. The maximum Gasteiger partial charge on any atom is 0.416 e. The lowest BCUT2D eigenvalue weighted by Crippen LogP contribution is -2.48. The number of halogens is 3. The molecule has 3 rings (SSSR count). The molecular formula is C20H24F3N3O4. The predicted molar refractivity (Wildman–Crippen MR) is 102 cm³/mol. The molecule has 164 valence electrons. The monoisotopic (exact) mass is 427 g/mol. The molecule has 4 amide bonds. The number of alkyl halides is 3. The minimum Gasteiger partial charge on any atom is -0.491 e. The maximum absolute atomic E-state index is 13.1. The Bertz CT molecular complexity index is 850. The van der Waals surface area contributed by atoms with Crippen molar-refractivity contribution in [2.75, 3.05) is 11.9 Å². The van der Waals surface area contributed by atoms with E-state index in [1.54, 1.807) is 0 Å². The van der Waals surface area contributed by atoms with Crippen molar-refractivity contribution in [3.8, 4) is 5.75 Å². The molecule has 1 atom stereocenters. The highest BCUT2D eigenvalue weighted by atomic mass is 19.4. The quantitative estimate of drug-likeness (QED) is 0.678. The summed E-state index contributed by atoms with van der Waals surface area (Å²) in [5.74, 6) is -1.18. The summed E-state index contributed by atoms with van der Waals surface area (Å²) >= 11 is 0. The van der Waals surface area contributed by atoms with Crippen LogP contribution in [0.3, 0.4) is 0 Å². The van der Waals surface area contributed by atoms with E-state index in [9.17, 15) is 27.6 Å². The zero-order valence-electron chi connectivity index (χ0n) is 16.8. The van der Waals surface area contributed by atoms with Crippen LogP contribution in [0.5, 0.6) is 5.75 Å². The molecule has 2 aliphatic rings. The van der Waals surface area contributed by atoms with Crippen LogP contribution >= 0.6 is 0 Å². The standard InChI is InChI=1S/C20H24F3N3O4/c1-3-10-30-15-7-6-13(20(21,22)23)11-14(15)24-16(27)12(2)26-17(28)19(25-18(26)29)8-4-5-9-19/h6-7,11-12H,3-5,8-10H2,1-2H3,(H,24,27)(H,25,29). The fourth-order valence-corrected chi connectivity index (χ4v) is 3.81. The van der Waals surface area contributed by atoms with E-state index in [0.717, 1.165) is 35.9 Å². The van der Waals surface area contributed by atoms with Gasteiger partial charge in [0.05, 0.1) is 17.9 Å². The zero-order valence-corrected chi connectivity index (χ0v) is 16.8. The average Bonchev–Trinajstić information content (AvgIpc) is 3.24. The predicted octanol–water partition coefficient (Wildman–Crippen LogP) is 3.69. The van der Waals surface area contributed by atoms with Gasteiger partial charge in [0, 0.05) is 0 Å². The van der Waals surface area contributed by atoms with Crippen LogP contribution in [0.2, 0.25) is 0 Å². The van der Waals surface area contributed by atoms with Crippen LogP contribution in [0.1, 0.15) is 51.5 Å². The fourth-order valence-electron chi connectivity index (χ4n) is 3.81. The lowest BCUT2D eigenvalue weighted by atomic mass is 9.97. The highest BCUT2D eigenvalue weighted by molar-refractivity contribution is 6.11. The summed E-state index contributed by atoms with van der Waals surface area (Å²) in [7, 11) is 0. The summed E-state index contributed by atoms with van der Waals surface area (Å²) < 4.78 is 44.8. The Kier molecular flexibility index (Phi) is 5.96. The normalized spacial score (nSPS) is 19.2. The molecule has 1 spiro atoms. The molecule has 1 unspecified atom stereocenters. The number of carbonyl (C=O) groups excluding carboxylic acids is 3. The summed E-state index contributed by atoms with van der Waals surface area (Å²) in [4.78, 5) is 38.8. The number of carbonyl (C=O) groups is 3. The van der Waals surface area contributed by atoms with Gasteiger partial charge in [-0.1, -0.05) is 19.8 Å². The van der Waals surface area contributed by atoms with Gasteiger partial charge in [-0.15, -0.1) is 0 Å². The molecule has 1 aliphatic heterocycles. The van der Waals surface area contributed by atoms with Gasteiger partial charge in [-0.05, 0) is 44.4 Å². The van der Waals surface area contributed by atoms with Gasteiger partial charge < -0.3 is 15.4 Å². The molecule has 1 aliphatic carbocycles. The molecule has 1 saturated heterocycles. The van der Waals surface area contributed by atoms with E-state index in [1.807, 2.05) is 6.92 Å². The highest BCUT2D eigenvalue weighted by Gasteiger charge is 2.54. The number of hydrogen-bond acceptors (Lipinski definition) is 4. The fraction of sp³-hybridized carbons (Fsp3) is 0.550. The number of nitrogens with zero attached hydrogens (tertiary/aromatic N) is 1. The molecule has 1 saturated carbocycles. The molecule has 1 heterocycles. The number of amides is 4. The summed E-state index contributed by atoms with van der Waals surface area (Å²) in [5, 5.41) is 5.07. The topological polar surface area (TPSA) is 87.7 Å². The molecule has 10 heteroatoms. The minimum absolute atomic E-state index is 0.0786. The molecule has 1 aromatic rings. The minimum atomic E-state index is -4.60. The summed E-state index contributed by atoms with van der Waals surface area (Å²) in [6.45, 7) is 3.45. The van der Waals surface area contributed by atoms with Crippen molar-refractivity contribution in [1.29, 1.82) is 0 Å². The van der Waals surface area contributed by atoms with Gasteiger partial charge in [0.1, 0.15) is 17.3 Å². The Morgan fingerprint density at radius 2 is 1.97 bits per heavy atom. The third kappa shape index (κ3) is 4.08. The van der Waals surface area contributed by atoms with E-state index in [1.165, 1.54) is 6.92 Å². The number of imide groups is 1. The van der Waals surface area contributed by atoms with Crippen molar-refractivity contribution in [3.63, 3.8) is 0 Å². The van der Waals surface area contributed by atoms with Gasteiger partial charge in [0.2, 0.25) is 5.91 Å². The second kappa shape index (κ2) is 8.16. The lowest BCUT2D eigenvalue weighted by Gasteiger charge is -2.24. The first-order valence-electron chi connectivity index (χ1n) is 9.90. The Hall–Kier alpha value is -2.78. The zero-order chi connectivity index (χ0) is 22.1. The number of nitrogens with one attached hydrogen (secondary N) is 2. The van der Waals surface area contributed by atoms with Crippen molar-refractivity contribution in [2.45, 2.75) is 63.7 Å². The first-order valence-corrected chi connectivity index (χ1v) is 9.90. The molecule has 0 radical (unpaired) electrons. The van der Waals surface area contributed by atoms with E-state index >= 15 is 0 Å². The van der Waals surface area contributed by atoms with Crippen LogP contribution in [-0.2, 0) is 15.8 Å². The van der Waals surface area contributed by atoms with Gasteiger partial charge in [-0.3, -0.25) is 9.59 Å². The van der Waals surface area contributed by atoms with Crippen molar-refractivity contribution in [1.82, 2.24) is 10.2 Å². The Morgan fingerprint density at radius 3 is 2.57 bits per heavy atom. The van der Waals surface area contributed by atoms with Crippen LogP contribution in [0.15, 0.2) is 18.2 Å². The highest BCUT2D eigenvalue weighted by Crippen LogP contribution is 2.37. The third-order valence-corrected chi connectivity index (χ3v) is 5.44. The van der Waals surface area contributed by atoms with E-state index in [-0.39, 0.29) is 18.0 Å². The number of benzene rings is 1. The Balaban J connectivity index is 1.82. The summed E-state index contributed by atoms with van der Waals surface area (Å²) in [6.07, 6.45) is -1.38. The van der Waals surface area contributed by atoms with Crippen molar-refractivity contribution >= 4 is 23.5 Å². The van der Waals surface area contributed by atoms with Gasteiger partial charge >= 0.3 is 12.2 Å². The van der Waals surface area contributed by atoms with Crippen molar-refractivity contribution < 1.29 is 32.3 Å². The molecule has 0 bridgehead atoms. The van der Waals surface area contributed by atoms with Crippen molar-refractivity contribution in [2.24, 2.45) is 0 Å². The molecule has 30 heavy (non-hydrogen) atoms. The van der Waals surface area contributed by atoms with Crippen LogP contribution in [0, 0.1) is 0 Å². The molecule has 2 fully saturated rings. The van der Waals surface area contributed by atoms with Gasteiger partial charge in [-0.25, -0.2) is 9.69 Å². The maximum atomic E-state index is 13.1. The van der Waals surface area contributed by atoms with E-state index in [0.29, 0.717) is 19.3 Å². The number of urea groups is 1. The summed E-state index contributed by atoms with van der Waals surface area (Å²) in [5.41, 5.74) is -2.09. The second-order valence-corrected chi connectivity index (χ2v) is 7.62. The largest absolute Gasteiger partial charge is 0.491 e. The van der Waals surface area contributed by atoms with E-state index < -0.39 is 41.2 Å². The number of anilines is 1. The van der Waals surface area contributed by atoms with Gasteiger partial charge in [-0.2, -0.15) is 13.2 Å². The average molecular weight is 427 g/mol. The van der Waals surface area contributed by atoms with Crippen LogP contribution < -0.4 is 15.4 Å². The first-order chi connectivity index (χ1) is 14.1. The molecular weight excluding hydrogens is 403 g/mol. The number of rotatable bonds is 6. The van der Waals surface area contributed by atoms with Crippen molar-refractivity contribution in [3.05, 3.63) is 23.8 Å². The molecule has 2 N–H and O–H groups in total. The SMILES string of the molecule is CCCOc1ccc(C(F)(F)F)cc1NC(=O)C(C)N1C(=O)NC2(CCCC2)C1=O. The summed E-state index contributed by atoms with van der Waals surface area (Å²) in [6, 6.07) is 0.910. The Morgan fingerprint density at radius 1 is 1.30 bits per heavy atom. The van der Waals surface area contributed by atoms with Gasteiger partial charge in [0.25, 0.3) is 5.91 Å². The second-order valence-electron chi connectivity index (χ2n) is 7.62. The molecule has 1 aromatic carbocycles. The van der Waals surface area contributed by atoms with Crippen LogP contribution in [0.25, 0.3) is 0 Å². The lowest BCUT2D eigenvalue weighted by molar-refractivity contribution is -0.137. The smallest absolute Gasteiger partial charge is 0.416 e. The molecule has 7 nitrogen and oxygen atoms in total.